The summed E-state index contributed by atoms with van der Waals surface area (Å²) >= 11 is 0. The fraction of sp³-hybridized carbons (Fsp3) is 0.0536. The van der Waals surface area contributed by atoms with E-state index >= 15 is 0 Å². The average molecular weight is 765 g/mol. The summed E-state index contributed by atoms with van der Waals surface area (Å²) in [4.78, 5) is 18.5. The fourth-order valence-electron chi connectivity index (χ4n) is 10.6. The maximum atomic E-state index is 5.03. The molecule has 0 bridgehead atoms. The molecule has 4 heteroatoms. The van der Waals surface area contributed by atoms with Gasteiger partial charge in [-0.3, -0.25) is 0 Å². The summed E-state index contributed by atoms with van der Waals surface area (Å²) in [6.07, 6.45) is 0. The van der Waals surface area contributed by atoms with E-state index in [1.54, 1.807) is 0 Å². The van der Waals surface area contributed by atoms with E-state index in [-0.39, 0.29) is 5.41 Å². The van der Waals surface area contributed by atoms with Gasteiger partial charge in [0.2, 0.25) is 0 Å². The lowest BCUT2D eigenvalue weighted by molar-refractivity contribution is 0.333. The van der Waals surface area contributed by atoms with Gasteiger partial charge in [0.05, 0.1) is 0 Å². The molecule has 0 fully saturated rings. The Balaban J connectivity index is 0.797. The Morgan fingerprint density at radius 1 is 0.333 bits per heavy atom. The lowest BCUT2D eigenvalue weighted by Gasteiger charge is -2.58. The number of benzene rings is 8. The number of aromatic amines is 1. The molecule has 3 unspecified atom stereocenters. The predicted octanol–water partition coefficient (Wildman–Crippen LogP) is 13.2. The first-order valence-electron chi connectivity index (χ1n) is 20.7. The molecule has 1 spiro atoms. The van der Waals surface area contributed by atoms with Crippen molar-refractivity contribution < 1.29 is 0 Å². The van der Waals surface area contributed by atoms with Crippen molar-refractivity contribution in [2.45, 2.75) is 17.3 Å². The van der Waals surface area contributed by atoms with Crippen LogP contribution in [0.5, 0.6) is 0 Å². The molecule has 3 aliphatic rings. The summed E-state index contributed by atoms with van der Waals surface area (Å²) < 4.78 is 0. The molecule has 60 heavy (non-hydrogen) atoms. The largest absolute Gasteiger partial charge is 0.355 e. The van der Waals surface area contributed by atoms with Gasteiger partial charge >= 0.3 is 0 Å². The number of fused-ring (bicyclic) bond motifs is 8. The summed E-state index contributed by atoms with van der Waals surface area (Å²) in [6.45, 7) is 0. The van der Waals surface area contributed by atoms with Gasteiger partial charge in [0, 0.05) is 50.5 Å². The quantitative estimate of drug-likeness (QED) is 0.183. The number of para-hydroxylation sites is 1. The predicted molar refractivity (Wildman–Crippen MR) is 242 cm³/mol. The van der Waals surface area contributed by atoms with E-state index in [4.69, 9.17) is 15.0 Å². The first-order chi connectivity index (χ1) is 29.7. The highest BCUT2D eigenvalue weighted by atomic mass is 15.0. The van der Waals surface area contributed by atoms with Crippen LogP contribution in [0.25, 0.3) is 78.6 Å². The zero-order valence-corrected chi connectivity index (χ0v) is 32.5. The Kier molecular flexibility index (Phi) is 7.02. The first-order valence-corrected chi connectivity index (χ1v) is 20.7. The molecule has 3 aliphatic carbocycles. The number of H-pyrrole nitrogens is 1. The minimum atomic E-state index is 0.0671. The number of nitrogens with zero attached hydrogens (tertiary/aromatic N) is 3. The molecule has 0 amide bonds. The summed E-state index contributed by atoms with van der Waals surface area (Å²) in [7, 11) is 0. The summed E-state index contributed by atoms with van der Waals surface area (Å²) in [5.41, 5.74) is 20.1. The topological polar surface area (TPSA) is 54.5 Å². The molecule has 280 valence electrons. The molecule has 10 aromatic rings. The summed E-state index contributed by atoms with van der Waals surface area (Å²) in [5, 5.41) is 1.20. The third kappa shape index (κ3) is 4.76. The molecule has 13 rings (SSSR count). The number of aromatic nitrogens is 4. The molecule has 1 N–H and O–H groups in total. The molecule has 2 heterocycles. The van der Waals surface area contributed by atoms with Gasteiger partial charge in [-0.2, -0.15) is 0 Å². The van der Waals surface area contributed by atoms with Crippen LogP contribution in [0.4, 0.5) is 0 Å². The minimum absolute atomic E-state index is 0.0671. The van der Waals surface area contributed by atoms with E-state index in [0.29, 0.717) is 29.3 Å². The van der Waals surface area contributed by atoms with Crippen molar-refractivity contribution in [2.75, 3.05) is 0 Å². The van der Waals surface area contributed by atoms with Crippen molar-refractivity contribution in [2.24, 2.45) is 0 Å². The van der Waals surface area contributed by atoms with Crippen molar-refractivity contribution in [3.63, 3.8) is 0 Å². The van der Waals surface area contributed by atoms with Gasteiger partial charge in [-0.05, 0) is 79.4 Å². The van der Waals surface area contributed by atoms with Crippen LogP contribution in [-0.2, 0) is 5.41 Å². The van der Waals surface area contributed by atoms with Crippen LogP contribution < -0.4 is 0 Å². The van der Waals surface area contributed by atoms with Crippen LogP contribution in [0.1, 0.15) is 45.2 Å². The Morgan fingerprint density at radius 2 is 0.783 bits per heavy atom. The smallest absolute Gasteiger partial charge is 0.164 e. The molecule has 2 aromatic heterocycles. The van der Waals surface area contributed by atoms with Crippen LogP contribution in [0.2, 0.25) is 0 Å². The van der Waals surface area contributed by atoms with Crippen molar-refractivity contribution in [1.29, 1.82) is 0 Å². The molecule has 4 nitrogen and oxygen atoms in total. The van der Waals surface area contributed by atoms with Crippen LogP contribution >= 0.6 is 0 Å². The molecular weight excluding hydrogens is 729 g/mol. The third-order valence-electron chi connectivity index (χ3n) is 13.4. The minimum Gasteiger partial charge on any atom is -0.355 e. The second-order valence-corrected chi connectivity index (χ2v) is 16.4. The van der Waals surface area contributed by atoms with Crippen LogP contribution in [0, 0.1) is 0 Å². The standard InChI is InChI=1S/C56H36N4/c1-2-10-38(11-3-1)53-58-54(60-55(59-53)40-28-24-37(25-29-40)50-33-42-12-4-9-17-49(42)57-50)39-26-22-35(23-27-39)34-18-20-36(21-19-34)41-30-31-46-48(32-41)56-47-16-8-7-15-45(47)51(56)43-13-5-6-14-44(43)52(46)56/h1-33,51-52,57H. The van der Waals surface area contributed by atoms with Crippen molar-refractivity contribution in [3.05, 3.63) is 234 Å². The van der Waals surface area contributed by atoms with Gasteiger partial charge in [-0.25, -0.2) is 15.0 Å². The van der Waals surface area contributed by atoms with Crippen molar-refractivity contribution >= 4 is 10.9 Å². The Hall–Kier alpha value is -7.69. The SMILES string of the molecule is c1ccc(-c2nc(-c3ccc(-c4ccc(-c5ccc6c(c5)C57c8ccccc8C5c5ccccc5C67)cc4)cc3)nc(-c3ccc(-c4cc5ccccc5[nH]4)cc3)n2)cc1. The second kappa shape index (κ2) is 12.7. The Bertz CT molecular complexity index is 3280. The van der Waals surface area contributed by atoms with Crippen molar-refractivity contribution in [1.82, 2.24) is 19.9 Å². The molecule has 0 aliphatic heterocycles. The average Bonchev–Trinajstić information content (AvgIpc) is 3.84. The van der Waals surface area contributed by atoms with Gasteiger partial charge in [0.1, 0.15) is 0 Å². The van der Waals surface area contributed by atoms with Gasteiger partial charge < -0.3 is 4.98 Å². The lowest BCUT2D eigenvalue weighted by Crippen LogP contribution is -2.52. The summed E-state index contributed by atoms with van der Waals surface area (Å²) in [6, 6.07) is 72.2. The first kappa shape index (κ1) is 33.3. The summed E-state index contributed by atoms with van der Waals surface area (Å²) in [5.74, 6) is 2.82. The van der Waals surface area contributed by atoms with Gasteiger partial charge in [-0.15, -0.1) is 0 Å². The van der Waals surface area contributed by atoms with E-state index in [1.165, 1.54) is 55.5 Å². The number of rotatable bonds is 6. The number of hydrogen-bond donors (Lipinski definition) is 1. The normalized spacial score (nSPS) is 17.7. The molecule has 0 saturated carbocycles. The van der Waals surface area contributed by atoms with E-state index < -0.39 is 0 Å². The highest BCUT2D eigenvalue weighted by Gasteiger charge is 2.69. The zero-order valence-electron chi connectivity index (χ0n) is 32.5. The Morgan fingerprint density at radius 3 is 1.40 bits per heavy atom. The second-order valence-electron chi connectivity index (χ2n) is 16.4. The highest BCUT2D eigenvalue weighted by Crippen LogP contribution is 2.77. The van der Waals surface area contributed by atoms with E-state index in [9.17, 15) is 0 Å². The maximum Gasteiger partial charge on any atom is 0.164 e. The molecule has 0 saturated heterocycles. The van der Waals surface area contributed by atoms with E-state index in [1.807, 2.05) is 30.3 Å². The lowest BCUT2D eigenvalue weighted by atomic mass is 9.43. The molecule has 0 radical (unpaired) electrons. The van der Waals surface area contributed by atoms with Crippen LogP contribution in [0.3, 0.4) is 0 Å². The van der Waals surface area contributed by atoms with Gasteiger partial charge in [-0.1, -0.05) is 182 Å². The highest BCUT2D eigenvalue weighted by molar-refractivity contribution is 5.86. The Labute approximate surface area is 348 Å². The fourth-order valence-corrected chi connectivity index (χ4v) is 10.6. The van der Waals surface area contributed by atoms with Crippen LogP contribution in [-0.4, -0.2) is 19.9 Å². The molecule has 8 aromatic carbocycles. The number of hydrogen-bond acceptors (Lipinski definition) is 3. The van der Waals surface area contributed by atoms with Gasteiger partial charge in [0.25, 0.3) is 0 Å². The van der Waals surface area contributed by atoms with Gasteiger partial charge in [0.15, 0.2) is 17.5 Å². The third-order valence-corrected chi connectivity index (χ3v) is 13.4. The van der Waals surface area contributed by atoms with Crippen LogP contribution in [0.15, 0.2) is 200 Å². The molecule has 3 atom stereocenters. The number of nitrogens with one attached hydrogen (secondary N) is 1. The molecular formula is C56H36N4. The maximum absolute atomic E-state index is 5.03. The van der Waals surface area contributed by atoms with Crippen molar-refractivity contribution in [3.8, 4) is 67.7 Å². The monoisotopic (exact) mass is 764 g/mol. The van der Waals surface area contributed by atoms with E-state index in [2.05, 4.69) is 175 Å². The van der Waals surface area contributed by atoms with E-state index in [0.717, 1.165) is 39.0 Å². The zero-order chi connectivity index (χ0) is 39.4.